The molecule has 0 unspecified atom stereocenters. The van der Waals surface area contributed by atoms with Crippen LogP contribution in [0.1, 0.15) is 40.2 Å². The van der Waals surface area contributed by atoms with E-state index in [0.717, 1.165) is 0 Å². The molecular formula is C17H17F2N5O3. The highest BCUT2D eigenvalue weighted by atomic mass is 19.3. The Balaban J connectivity index is 1.38. The molecule has 1 amide bonds. The lowest BCUT2D eigenvalue weighted by molar-refractivity contribution is -0.203. The Morgan fingerprint density at radius 2 is 2.04 bits per heavy atom. The Morgan fingerprint density at radius 3 is 2.74 bits per heavy atom. The highest BCUT2D eigenvalue weighted by molar-refractivity contribution is 5.95. The van der Waals surface area contributed by atoms with Crippen molar-refractivity contribution in [2.45, 2.75) is 38.9 Å². The maximum Gasteiger partial charge on any atom is 0.258 e. The number of nitrogens with one attached hydrogen (secondary N) is 1. The summed E-state index contributed by atoms with van der Waals surface area (Å²) >= 11 is 0. The number of aromatic amines is 1. The van der Waals surface area contributed by atoms with E-state index in [-0.39, 0.29) is 43.5 Å². The Kier molecular flexibility index (Phi) is 3.20. The van der Waals surface area contributed by atoms with Crippen LogP contribution >= 0.6 is 0 Å². The zero-order valence-corrected chi connectivity index (χ0v) is 14.6. The number of aromatic nitrogens is 4. The van der Waals surface area contributed by atoms with Crippen molar-refractivity contribution in [1.29, 1.82) is 0 Å². The molecule has 8 nitrogen and oxygen atoms in total. The maximum atomic E-state index is 13.1. The van der Waals surface area contributed by atoms with E-state index in [0.29, 0.717) is 35.6 Å². The fraction of sp³-hybridized carbons (Fsp3) is 0.529. The minimum atomic E-state index is -2.59. The summed E-state index contributed by atoms with van der Waals surface area (Å²) in [5.74, 6) is -2.61. The second kappa shape index (κ2) is 5.22. The third-order valence-electron chi connectivity index (χ3n) is 5.62. The number of rotatable bonds is 2. The molecular weight excluding hydrogens is 360 g/mol. The highest BCUT2D eigenvalue weighted by Crippen LogP contribution is 2.56. The van der Waals surface area contributed by atoms with Gasteiger partial charge in [0.2, 0.25) is 11.9 Å². The van der Waals surface area contributed by atoms with Gasteiger partial charge in [-0.05, 0) is 6.92 Å². The zero-order chi connectivity index (χ0) is 19.0. The van der Waals surface area contributed by atoms with Crippen molar-refractivity contribution in [2.24, 2.45) is 5.41 Å². The van der Waals surface area contributed by atoms with E-state index >= 15 is 0 Å². The smallest absolute Gasteiger partial charge is 0.258 e. The molecule has 2 aromatic rings. The molecule has 0 aromatic carbocycles. The number of alkyl halides is 2. The summed E-state index contributed by atoms with van der Waals surface area (Å²) in [6.45, 7) is 2.89. The van der Waals surface area contributed by atoms with Crippen LogP contribution in [0, 0.1) is 12.3 Å². The Hall–Kier alpha value is -2.62. The first kappa shape index (κ1) is 16.5. The number of hydrogen-bond donors (Lipinski definition) is 1. The van der Waals surface area contributed by atoms with E-state index < -0.39 is 11.3 Å². The third kappa shape index (κ3) is 2.43. The lowest BCUT2D eigenvalue weighted by Gasteiger charge is -2.58. The van der Waals surface area contributed by atoms with Gasteiger partial charge in [-0.1, -0.05) is 0 Å². The standard InChI is InChI=1S/C17H17F2N5O3/c1-9-10(14(26)23-7-16(8-23)5-17(18,19)6-16)2-20-24(9)15-21-12-4-27-3-11(12)13(25)22-15/h2H,3-8H2,1H3,(H,21,22,25). The number of hydrogen-bond acceptors (Lipinski definition) is 5. The first-order valence-electron chi connectivity index (χ1n) is 8.69. The molecule has 1 saturated heterocycles. The van der Waals surface area contributed by atoms with Crippen LogP contribution in [0.3, 0.4) is 0 Å². The van der Waals surface area contributed by atoms with E-state index in [2.05, 4.69) is 15.1 Å². The molecule has 10 heteroatoms. The Bertz CT molecular complexity index is 1010. The fourth-order valence-corrected chi connectivity index (χ4v) is 4.33. The molecule has 2 aliphatic heterocycles. The quantitative estimate of drug-likeness (QED) is 0.848. The van der Waals surface area contributed by atoms with E-state index in [4.69, 9.17) is 4.74 Å². The molecule has 5 rings (SSSR count). The predicted octanol–water partition coefficient (Wildman–Crippen LogP) is 1.17. The van der Waals surface area contributed by atoms with Gasteiger partial charge in [-0.15, -0.1) is 0 Å². The highest BCUT2D eigenvalue weighted by Gasteiger charge is 2.62. The maximum absolute atomic E-state index is 13.1. The first-order chi connectivity index (χ1) is 12.8. The molecule has 2 fully saturated rings. The molecule has 0 radical (unpaired) electrons. The number of likely N-dealkylation sites (tertiary alicyclic amines) is 1. The summed E-state index contributed by atoms with van der Waals surface area (Å²) in [6, 6.07) is 0. The summed E-state index contributed by atoms with van der Waals surface area (Å²) < 4.78 is 32.9. The molecule has 2 aromatic heterocycles. The van der Waals surface area contributed by atoms with Gasteiger partial charge in [0.05, 0.1) is 41.9 Å². The summed E-state index contributed by atoms with van der Waals surface area (Å²) in [5.41, 5.74) is 1.26. The summed E-state index contributed by atoms with van der Waals surface area (Å²) in [6.07, 6.45) is 1.12. The Morgan fingerprint density at radius 1 is 1.30 bits per heavy atom. The molecule has 0 bridgehead atoms. The minimum Gasteiger partial charge on any atom is -0.370 e. The average molecular weight is 377 g/mol. The molecule has 1 aliphatic carbocycles. The minimum absolute atomic E-state index is 0.148. The van der Waals surface area contributed by atoms with E-state index in [1.807, 2.05) is 0 Å². The lowest BCUT2D eigenvalue weighted by atomic mass is 9.61. The first-order valence-corrected chi connectivity index (χ1v) is 8.69. The number of ether oxygens (including phenoxy) is 1. The largest absolute Gasteiger partial charge is 0.370 e. The van der Waals surface area contributed by atoms with Gasteiger partial charge in [0.25, 0.3) is 11.5 Å². The fourth-order valence-electron chi connectivity index (χ4n) is 4.33. The van der Waals surface area contributed by atoms with Crippen molar-refractivity contribution < 1.29 is 18.3 Å². The van der Waals surface area contributed by atoms with E-state index in [1.165, 1.54) is 10.9 Å². The van der Waals surface area contributed by atoms with E-state index in [9.17, 15) is 18.4 Å². The number of amides is 1. The number of halogens is 2. The molecule has 1 spiro atoms. The van der Waals surface area contributed by atoms with Crippen LogP contribution in [0.5, 0.6) is 0 Å². The molecule has 1 N–H and O–H groups in total. The van der Waals surface area contributed by atoms with Crippen molar-refractivity contribution in [3.05, 3.63) is 39.1 Å². The van der Waals surface area contributed by atoms with Crippen LogP contribution in [0.2, 0.25) is 0 Å². The van der Waals surface area contributed by atoms with Gasteiger partial charge in [0.15, 0.2) is 0 Å². The van der Waals surface area contributed by atoms with Gasteiger partial charge < -0.3 is 9.64 Å². The predicted molar refractivity (Wildman–Crippen MR) is 87.7 cm³/mol. The van der Waals surface area contributed by atoms with Crippen LogP contribution in [-0.4, -0.2) is 49.6 Å². The number of carbonyl (C=O) groups excluding carboxylic acids is 1. The van der Waals surface area contributed by atoms with Gasteiger partial charge in [-0.3, -0.25) is 14.6 Å². The summed E-state index contributed by atoms with van der Waals surface area (Å²) in [4.78, 5) is 33.4. The zero-order valence-electron chi connectivity index (χ0n) is 14.6. The van der Waals surface area contributed by atoms with Crippen LogP contribution in [0.4, 0.5) is 8.78 Å². The van der Waals surface area contributed by atoms with Gasteiger partial charge >= 0.3 is 0 Å². The van der Waals surface area contributed by atoms with Gasteiger partial charge in [0.1, 0.15) is 0 Å². The number of carbonyl (C=O) groups is 1. The van der Waals surface area contributed by atoms with Crippen molar-refractivity contribution in [3.63, 3.8) is 0 Å². The summed E-state index contributed by atoms with van der Waals surface area (Å²) in [5, 5.41) is 4.18. The lowest BCUT2D eigenvalue weighted by Crippen LogP contribution is -2.66. The second-order valence-electron chi connectivity index (χ2n) is 7.73. The molecule has 3 aliphatic rings. The van der Waals surface area contributed by atoms with Crippen LogP contribution in [0.25, 0.3) is 5.95 Å². The molecule has 27 heavy (non-hydrogen) atoms. The molecule has 0 atom stereocenters. The van der Waals surface area contributed by atoms with Gasteiger partial charge in [-0.2, -0.15) is 5.10 Å². The Labute approximate surface area is 152 Å². The average Bonchev–Trinajstić information content (AvgIpc) is 3.16. The second-order valence-corrected chi connectivity index (χ2v) is 7.73. The summed E-state index contributed by atoms with van der Waals surface area (Å²) in [7, 11) is 0. The topological polar surface area (TPSA) is 93.1 Å². The van der Waals surface area contributed by atoms with Crippen molar-refractivity contribution in [2.75, 3.05) is 13.1 Å². The number of nitrogens with zero attached hydrogens (tertiary/aromatic N) is 4. The molecule has 1 saturated carbocycles. The van der Waals surface area contributed by atoms with Crippen LogP contribution < -0.4 is 5.56 Å². The van der Waals surface area contributed by atoms with Gasteiger partial charge in [-0.25, -0.2) is 18.4 Å². The van der Waals surface area contributed by atoms with Crippen molar-refractivity contribution in [1.82, 2.24) is 24.6 Å². The molecule has 142 valence electrons. The van der Waals surface area contributed by atoms with E-state index in [1.54, 1.807) is 11.8 Å². The third-order valence-corrected chi connectivity index (χ3v) is 5.62. The van der Waals surface area contributed by atoms with Crippen molar-refractivity contribution in [3.8, 4) is 5.95 Å². The number of fused-ring (bicyclic) bond motifs is 1. The monoisotopic (exact) mass is 377 g/mol. The SMILES string of the molecule is Cc1c(C(=O)N2CC3(C2)CC(F)(F)C3)cnn1-c1nc2c(c(=O)[nH]1)COC2. The normalized spacial score (nSPS) is 21.7. The molecule has 4 heterocycles. The van der Waals surface area contributed by atoms with Gasteiger partial charge in [0, 0.05) is 31.3 Å². The van der Waals surface area contributed by atoms with Crippen LogP contribution in [0.15, 0.2) is 11.0 Å². The number of H-pyrrole nitrogens is 1. The van der Waals surface area contributed by atoms with Crippen molar-refractivity contribution >= 4 is 5.91 Å². The van der Waals surface area contributed by atoms with Crippen LogP contribution in [-0.2, 0) is 18.0 Å².